The molecule has 0 bridgehead atoms. The molecule has 1 atom stereocenters. The van der Waals surface area contributed by atoms with Crippen molar-refractivity contribution in [3.63, 3.8) is 0 Å². The first-order valence-corrected chi connectivity index (χ1v) is 8.98. The zero-order chi connectivity index (χ0) is 18.8. The highest BCUT2D eigenvalue weighted by Gasteiger charge is 2.28. The number of aromatic nitrogens is 2. The van der Waals surface area contributed by atoms with Crippen molar-refractivity contribution in [1.29, 1.82) is 0 Å². The molecule has 1 amide bonds. The fraction of sp³-hybridized carbons (Fsp3) is 0.300. The van der Waals surface area contributed by atoms with Gasteiger partial charge in [-0.3, -0.25) is 9.69 Å². The summed E-state index contributed by atoms with van der Waals surface area (Å²) in [6.45, 7) is 1.57. The molecular weight excluding hydrogens is 347 g/mol. The van der Waals surface area contributed by atoms with Gasteiger partial charge in [0.15, 0.2) is 6.61 Å². The number of nitrogens with one attached hydrogen (secondary N) is 1. The Morgan fingerprint density at radius 2 is 2.22 bits per heavy atom. The number of rotatable bonds is 6. The van der Waals surface area contributed by atoms with Crippen LogP contribution in [0.5, 0.6) is 5.75 Å². The van der Waals surface area contributed by atoms with Crippen molar-refractivity contribution in [1.82, 2.24) is 14.9 Å². The zero-order valence-electron chi connectivity index (χ0n) is 14.8. The zero-order valence-corrected chi connectivity index (χ0v) is 14.8. The minimum atomic E-state index is -0.499. The van der Waals surface area contributed by atoms with Crippen LogP contribution in [0.25, 0.3) is 11.0 Å². The van der Waals surface area contributed by atoms with Crippen LogP contribution in [0.15, 0.2) is 42.5 Å². The second-order valence-corrected chi connectivity index (χ2v) is 6.81. The largest absolute Gasteiger partial charge is 0.484 e. The molecule has 1 aliphatic rings. The average Bonchev–Trinajstić information content (AvgIpc) is 3.26. The summed E-state index contributed by atoms with van der Waals surface area (Å²) in [5.41, 5.74) is 7.72. The van der Waals surface area contributed by atoms with E-state index in [1.807, 2.05) is 24.3 Å². The van der Waals surface area contributed by atoms with Crippen molar-refractivity contribution in [2.45, 2.75) is 25.4 Å². The van der Waals surface area contributed by atoms with E-state index in [2.05, 4.69) is 14.9 Å². The van der Waals surface area contributed by atoms with Gasteiger partial charge in [-0.25, -0.2) is 9.37 Å². The smallest absolute Gasteiger partial charge is 0.255 e. The Kier molecular flexibility index (Phi) is 4.77. The van der Waals surface area contributed by atoms with Crippen LogP contribution in [0.1, 0.15) is 30.3 Å². The highest BCUT2D eigenvalue weighted by Crippen LogP contribution is 2.33. The molecule has 0 radical (unpaired) electrons. The molecule has 0 aliphatic carbocycles. The van der Waals surface area contributed by atoms with Gasteiger partial charge in [0.2, 0.25) is 0 Å². The first kappa shape index (κ1) is 17.5. The van der Waals surface area contributed by atoms with E-state index < -0.39 is 5.91 Å². The summed E-state index contributed by atoms with van der Waals surface area (Å²) in [5.74, 6) is 0.727. The lowest BCUT2D eigenvalue weighted by Crippen LogP contribution is -2.23. The number of benzene rings is 2. The molecule has 1 aliphatic heterocycles. The van der Waals surface area contributed by atoms with Gasteiger partial charge in [0.05, 0.1) is 17.1 Å². The fourth-order valence-corrected chi connectivity index (χ4v) is 3.61. The fourth-order valence-electron chi connectivity index (χ4n) is 3.61. The number of carbonyl (C=O) groups is 1. The van der Waals surface area contributed by atoms with E-state index in [4.69, 9.17) is 10.5 Å². The number of primary amides is 1. The molecule has 0 saturated carbocycles. The highest BCUT2D eigenvalue weighted by molar-refractivity contribution is 5.75. The van der Waals surface area contributed by atoms with Gasteiger partial charge in [0.1, 0.15) is 17.4 Å². The van der Waals surface area contributed by atoms with E-state index in [0.717, 1.165) is 48.4 Å². The van der Waals surface area contributed by atoms with Gasteiger partial charge in [0.25, 0.3) is 5.91 Å². The van der Waals surface area contributed by atoms with Crippen molar-refractivity contribution in [2.75, 3.05) is 13.2 Å². The topological polar surface area (TPSA) is 84.2 Å². The number of H-pyrrole nitrogens is 1. The summed E-state index contributed by atoms with van der Waals surface area (Å²) in [4.78, 5) is 21.2. The van der Waals surface area contributed by atoms with Crippen molar-refractivity contribution in [3.05, 3.63) is 59.7 Å². The molecule has 1 aromatic heterocycles. The number of aromatic amines is 1. The Labute approximate surface area is 156 Å². The third-order valence-electron chi connectivity index (χ3n) is 4.81. The molecule has 1 unspecified atom stereocenters. The number of fused-ring (bicyclic) bond motifs is 1. The van der Waals surface area contributed by atoms with Crippen LogP contribution >= 0.6 is 0 Å². The van der Waals surface area contributed by atoms with Crippen molar-refractivity contribution in [2.24, 2.45) is 5.73 Å². The summed E-state index contributed by atoms with van der Waals surface area (Å²) in [7, 11) is 0. The summed E-state index contributed by atoms with van der Waals surface area (Å²) in [6, 6.07) is 12.4. The standard InChI is InChI=1S/C20H21FN4O2/c21-14-6-7-16-17(10-14)24-20(23-16)18-5-2-8-25(18)11-13-3-1-4-15(9-13)27-12-19(22)26/h1,3-4,6-7,9-10,18H,2,5,8,11-12H2,(H2,22,26)(H,23,24). The molecule has 1 fully saturated rings. The summed E-state index contributed by atoms with van der Waals surface area (Å²) in [6.07, 6.45) is 2.08. The van der Waals surface area contributed by atoms with Crippen LogP contribution in [-0.4, -0.2) is 33.9 Å². The third-order valence-corrected chi connectivity index (χ3v) is 4.81. The van der Waals surface area contributed by atoms with Crippen LogP contribution < -0.4 is 10.5 Å². The number of imidazole rings is 1. The molecule has 2 heterocycles. The van der Waals surface area contributed by atoms with Gasteiger partial charge in [0, 0.05) is 6.54 Å². The lowest BCUT2D eigenvalue weighted by atomic mass is 10.1. The second kappa shape index (κ2) is 7.36. The number of halogens is 1. The number of amides is 1. The number of hydrogen-bond acceptors (Lipinski definition) is 4. The maximum Gasteiger partial charge on any atom is 0.255 e. The maximum atomic E-state index is 13.4. The summed E-state index contributed by atoms with van der Waals surface area (Å²) >= 11 is 0. The van der Waals surface area contributed by atoms with Gasteiger partial charge in [-0.2, -0.15) is 0 Å². The van der Waals surface area contributed by atoms with Crippen LogP contribution in [0.4, 0.5) is 4.39 Å². The molecule has 1 saturated heterocycles. The number of nitrogens with two attached hydrogens (primary N) is 1. The summed E-state index contributed by atoms with van der Waals surface area (Å²) < 4.78 is 18.8. The second-order valence-electron chi connectivity index (χ2n) is 6.81. The lowest BCUT2D eigenvalue weighted by Gasteiger charge is -2.23. The predicted molar refractivity (Wildman–Crippen MR) is 99.6 cm³/mol. The Morgan fingerprint density at radius 1 is 1.33 bits per heavy atom. The number of nitrogens with zero attached hydrogens (tertiary/aromatic N) is 2. The Morgan fingerprint density at radius 3 is 3.07 bits per heavy atom. The van der Waals surface area contributed by atoms with E-state index in [1.54, 1.807) is 6.07 Å². The monoisotopic (exact) mass is 368 g/mol. The molecule has 140 valence electrons. The highest BCUT2D eigenvalue weighted by atomic mass is 19.1. The number of ether oxygens (including phenoxy) is 1. The molecule has 3 aromatic rings. The predicted octanol–water partition coefficient (Wildman–Crippen LogP) is 2.90. The average molecular weight is 368 g/mol. The van der Waals surface area contributed by atoms with Crippen molar-refractivity contribution < 1.29 is 13.9 Å². The minimum Gasteiger partial charge on any atom is -0.484 e. The molecular formula is C20H21FN4O2. The van der Waals surface area contributed by atoms with E-state index in [-0.39, 0.29) is 18.5 Å². The molecule has 4 rings (SSSR count). The molecule has 3 N–H and O–H groups in total. The first-order chi connectivity index (χ1) is 13.1. The van der Waals surface area contributed by atoms with Gasteiger partial charge in [-0.15, -0.1) is 0 Å². The van der Waals surface area contributed by atoms with E-state index >= 15 is 0 Å². The number of carbonyl (C=O) groups excluding carboxylic acids is 1. The van der Waals surface area contributed by atoms with Crippen LogP contribution in [0, 0.1) is 5.82 Å². The van der Waals surface area contributed by atoms with Crippen LogP contribution in [0.3, 0.4) is 0 Å². The third kappa shape index (κ3) is 3.93. The Bertz CT molecular complexity index is 972. The number of hydrogen-bond donors (Lipinski definition) is 2. The minimum absolute atomic E-state index is 0.134. The van der Waals surface area contributed by atoms with E-state index in [9.17, 15) is 9.18 Å². The molecule has 7 heteroatoms. The Hall–Kier alpha value is -2.93. The van der Waals surface area contributed by atoms with Gasteiger partial charge in [-0.05, 0) is 55.3 Å². The Balaban J connectivity index is 1.51. The lowest BCUT2D eigenvalue weighted by molar-refractivity contribution is -0.119. The summed E-state index contributed by atoms with van der Waals surface area (Å²) in [5, 5.41) is 0. The molecule has 6 nitrogen and oxygen atoms in total. The number of likely N-dealkylation sites (tertiary alicyclic amines) is 1. The van der Waals surface area contributed by atoms with Crippen LogP contribution in [-0.2, 0) is 11.3 Å². The molecule has 2 aromatic carbocycles. The quantitative estimate of drug-likeness (QED) is 0.701. The van der Waals surface area contributed by atoms with Gasteiger partial charge >= 0.3 is 0 Å². The van der Waals surface area contributed by atoms with E-state index in [0.29, 0.717) is 5.75 Å². The normalized spacial score (nSPS) is 17.4. The van der Waals surface area contributed by atoms with Gasteiger partial charge < -0.3 is 15.5 Å². The van der Waals surface area contributed by atoms with E-state index in [1.165, 1.54) is 12.1 Å². The first-order valence-electron chi connectivity index (χ1n) is 8.98. The van der Waals surface area contributed by atoms with Gasteiger partial charge in [-0.1, -0.05) is 12.1 Å². The molecule has 27 heavy (non-hydrogen) atoms. The van der Waals surface area contributed by atoms with Crippen molar-refractivity contribution in [3.8, 4) is 5.75 Å². The maximum absolute atomic E-state index is 13.4. The molecule has 0 spiro atoms. The van der Waals surface area contributed by atoms with Crippen LogP contribution in [0.2, 0.25) is 0 Å². The SMILES string of the molecule is NC(=O)COc1cccc(CN2CCCC2c2nc3ccc(F)cc3[nH]2)c1. The van der Waals surface area contributed by atoms with Crippen molar-refractivity contribution >= 4 is 16.9 Å².